The van der Waals surface area contributed by atoms with Crippen LogP contribution in [0.2, 0.25) is 0 Å². The molecular weight excluding hydrogens is 266 g/mol. The Kier molecular flexibility index (Phi) is 3.47. The van der Waals surface area contributed by atoms with Crippen LogP contribution < -0.4 is 10.6 Å². The Morgan fingerprint density at radius 1 is 1.56 bits per heavy atom. The van der Waals surface area contributed by atoms with E-state index in [0.717, 1.165) is 29.5 Å². The molecule has 1 heterocycles. The lowest BCUT2D eigenvalue weighted by Gasteiger charge is -2.26. The molecule has 0 aliphatic carbocycles. The summed E-state index contributed by atoms with van der Waals surface area (Å²) in [5.74, 6) is 0. The van der Waals surface area contributed by atoms with Crippen molar-refractivity contribution < 1.29 is 0 Å². The van der Waals surface area contributed by atoms with Crippen molar-refractivity contribution in [2.24, 2.45) is 5.73 Å². The summed E-state index contributed by atoms with van der Waals surface area (Å²) in [5, 5.41) is 9.18. The fraction of sp³-hybridized carbons (Fsp3) is 0.417. The average Bonchev–Trinajstić information content (AvgIpc) is 2.76. The minimum atomic E-state index is 0.376. The Balaban J connectivity index is 2.40. The van der Waals surface area contributed by atoms with Crippen molar-refractivity contribution in [1.82, 2.24) is 0 Å². The summed E-state index contributed by atoms with van der Waals surface area (Å²) in [6, 6.07) is 8.49. The number of anilines is 1. The Labute approximate surface area is 104 Å². The van der Waals surface area contributed by atoms with Gasteiger partial charge in [-0.25, -0.2) is 0 Å². The highest BCUT2D eigenvalue weighted by Gasteiger charge is 2.25. The van der Waals surface area contributed by atoms with Gasteiger partial charge in [-0.15, -0.1) is 0 Å². The molecule has 84 valence electrons. The van der Waals surface area contributed by atoms with Crippen molar-refractivity contribution in [3.05, 3.63) is 28.2 Å². The van der Waals surface area contributed by atoms with Gasteiger partial charge < -0.3 is 10.6 Å². The number of nitrogens with zero attached hydrogens (tertiary/aromatic N) is 2. The van der Waals surface area contributed by atoms with E-state index in [2.05, 4.69) is 26.9 Å². The molecule has 0 bridgehead atoms. The smallest absolute Gasteiger partial charge is 0.103 e. The van der Waals surface area contributed by atoms with Gasteiger partial charge in [0.2, 0.25) is 0 Å². The van der Waals surface area contributed by atoms with Crippen LogP contribution in [0.4, 0.5) is 5.69 Å². The van der Waals surface area contributed by atoms with Gasteiger partial charge in [-0.1, -0.05) is 6.07 Å². The van der Waals surface area contributed by atoms with Crippen LogP contribution in [0, 0.1) is 11.3 Å². The van der Waals surface area contributed by atoms with E-state index in [0.29, 0.717) is 18.2 Å². The second-order valence-corrected chi connectivity index (χ2v) is 4.83. The molecule has 1 aliphatic rings. The van der Waals surface area contributed by atoms with Gasteiger partial charge in [0, 0.05) is 23.6 Å². The predicted octanol–water partition coefficient (Wildman–Crippen LogP) is 2.25. The van der Waals surface area contributed by atoms with Gasteiger partial charge in [0.25, 0.3) is 0 Å². The van der Waals surface area contributed by atoms with E-state index < -0.39 is 0 Å². The van der Waals surface area contributed by atoms with Crippen molar-refractivity contribution in [1.29, 1.82) is 5.26 Å². The highest BCUT2D eigenvalue weighted by molar-refractivity contribution is 9.10. The molecule has 2 rings (SSSR count). The molecule has 16 heavy (non-hydrogen) atoms. The normalized spacial score (nSPS) is 19.8. The first-order valence-corrected chi connectivity index (χ1v) is 6.22. The molecule has 0 saturated carbocycles. The first-order valence-electron chi connectivity index (χ1n) is 5.43. The molecule has 1 atom stereocenters. The molecule has 0 spiro atoms. The fourth-order valence-electron chi connectivity index (χ4n) is 2.26. The second kappa shape index (κ2) is 4.86. The van der Waals surface area contributed by atoms with Crippen LogP contribution in [0.1, 0.15) is 18.4 Å². The number of benzene rings is 1. The molecule has 0 amide bonds. The van der Waals surface area contributed by atoms with E-state index in [1.54, 1.807) is 0 Å². The summed E-state index contributed by atoms with van der Waals surface area (Å²) >= 11 is 3.42. The number of nitriles is 1. The van der Waals surface area contributed by atoms with Gasteiger partial charge in [0.1, 0.15) is 6.07 Å². The molecule has 0 aromatic heterocycles. The third-order valence-corrected chi connectivity index (χ3v) is 3.72. The Bertz CT molecular complexity index is 425. The van der Waals surface area contributed by atoms with E-state index in [9.17, 15) is 5.26 Å². The molecule has 1 aliphatic heterocycles. The van der Waals surface area contributed by atoms with E-state index in [1.165, 1.54) is 0 Å². The van der Waals surface area contributed by atoms with Crippen molar-refractivity contribution in [2.45, 2.75) is 18.9 Å². The molecule has 1 unspecified atom stereocenters. The third-order valence-electron chi connectivity index (χ3n) is 3.06. The average molecular weight is 280 g/mol. The standard InChI is InChI=1S/C12H14BrN3/c13-11-4-1-5-12(10(11)8-15)16-6-2-3-9(16)7-14/h1,4-5,9H,2-3,6-7,14H2. The quantitative estimate of drug-likeness (QED) is 0.904. The lowest BCUT2D eigenvalue weighted by Crippen LogP contribution is -2.35. The molecule has 1 saturated heterocycles. The zero-order valence-electron chi connectivity index (χ0n) is 8.99. The summed E-state index contributed by atoms with van der Waals surface area (Å²) in [4.78, 5) is 2.25. The Morgan fingerprint density at radius 3 is 3.06 bits per heavy atom. The summed E-state index contributed by atoms with van der Waals surface area (Å²) in [6.45, 7) is 1.64. The maximum atomic E-state index is 9.18. The second-order valence-electron chi connectivity index (χ2n) is 3.97. The number of halogens is 1. The zero-order chi connectivity index (χ0) is 11.5. The summed E-state index contributed by atoms with van der Waals surface area (Å²) < 4.78 is 0.857. The zero-order valence-corrected chi connectivity index (χ0v) is 10.6. The molecular formula is C12H14BrN3. The molecule has 2 N–H and O–H groups in total. The van der Waals surface area contributed by atoms with E-state index in [1.807, 2.05) is 18.2 Å². The largest absolute Gasteiger partial charge is 0.366 e. The molecule has 4 heteroatoms. The van der Waals surface area contributed by atoms with Crippen molar-refractivity contribution in [3.8, 4) is 6.07 Å². The highest BCUT2D eigenvalue weighted by Crippen LogP contribution is 2.31. The van der Waals surface area contributed by atoms with Crippen LogP contribution in [-0.2, 0) is 0 Å². The predicted molar refractivity (Wildman–Crippen MR) is 68.3 cm³/mol. The maximum absolute atomic E-state index is 9.18. The lowest BCUT2D eigenvalue weighted by molar-refractivity contribution is 0.676. The minimum Gasteiger partial charge on any atom is -0.366 e. The monoisotopic (exact) mass is 279 g/mol. The van der Waals surface area contributed by atoms with Crippen molar-refractivity contribution in [2.75, 3.05) is 18.0 Å². The van der Waals surface area contributed by atoms with Gasteiger partial charge in [-0.3, -0.25) is 0 Å². The first-order chi connectivity index (χ1) is 7.77. The van der Waals surface area contributed by atoms with Gasteiger partial charge in [-0.2, -0.15) is 5.26 Å². The Hall–Kier alpha value is -1.05. The summed E-state index contributed by atoms with van der Waals surface area (Å²) in [6.07, 6.45) is 2.27. The summed E-state index contributed by atoms with van der Waals surface area (Å²) in [5.41, 5.74) is 7.47. The Morgan fingerprint density at radius 2 is 2.38 bits per heavy atom. The topological polar surface area (TPSA) is 53.0 Å². The van der Waals surface area contributed by atoms with Gasteiger partial charge in [0.15, 0.2) is 0 Å². The van der Waals surface area contributed by atoms with Gasteiger partial charge in [0.05, 0.1) is 11.3 Å². The van der Waals surface area contributed by atoms with E-state index in [-0.39, 0.29) is 0 Å². The molecule has 1 aromatic carbocycles. The fourth-order valence-corrected chi connectivity index (χ4v) is 2.71. The summed E-state index contributed by atoms with van der Waals surface area (Å²) in [7, 11) is 0. The van der Waals surface area contributed by atoms with E-state index in [4.69, 9.17) is 5.73 Å². The van der Waals surface area contributed by atoms with Gasteiger partial charge >= 0.3 is 0 Å². The van der Waals surface area contributed by atoms with E-state index >= 15 is 0 Å². The first kappa shape index (κ1) is 11.4. The number of hydrogen-bond acceptors (Lipinski definition) is 3. The van der Waals surface area contributed by atoms with Crippen LogP contribution in [0.15, 0.2) is 22.7 Å². The van der Waals surface area contributed by atoms with Crippen molar-refractivity contribution in [3.63, 3.8) is 0 Å². The van der Waals surface area contributed by atoms with Crippen LogP contribution >= 0.6 is 15.9 Å². The van der Waals surface area contributed by atoms with Crippen LogP contribution in [0.5, 0.6) is 0 Å². The number of nitrogens with two attached hydrogens (primary N) is 1. The number of hydrogen-bond donors (Lipinski definition) is 1. The number of rotatable bonds is 2. The van der Waals surface area contributed by atoms with Crippen molar-refractivity contribution >= 4 is 21.6 Å². The highest BCUT2D eigenvalue weighted by atomic mass is 79.9. The van der Waals surface area contributed by atoms with Gasteiger partial charge in [-0.05, 0) is 40.9 Å². The lowest BCUT2D eigenvalue weighted by atomic mass is 10.1. The SMILES string of the molecule is N#Cc1c(Br)cccc1N1CCCC1CN. The minimum absolute atomic E-state index is 0.376. The molecule has 3 nitrogen and oxygen atoms in total. The molecule has 0 radical (unpaired) electrons. The maximum Gasteiger partial charge on any atom is 0.103 e. The molecule has 1 fully saturated rings. The molecule has 1 aromatic rings. The van der Waals surface area contributed by atoms with Crippen LogP contribution in [0.3, 0.4) is 0 Å². The third kappa shape index (κ3) is 1.93. The van der Waals surface area contributed by atoms with Crippen LogP contribution in [0.25, 0.3) is 0 Å². The van der Waals surface area contributed by atoms with Crippen LogP contribution in [-0.4, -0.2) is 19.1 Å².